The number of hydrogen-bond acceptors (Lipinski definition) is 5. The SMILES string of the molecule is CCOC(=O)c1cc(Br)cc(C#N)c1[N+](=O)[O-]. The van der Waals surface area contributed by atoms with E-state index < -0.39 is 16.6 Å². The molecule has 0 unspecified atom stereocenters. The smallest absolute Gasteiger partial charge is 0.345 e. The summed E-state index contributed by atoms with van der Waals surface area (Å²) in [6, 6.07) is 4.22. The summed E-state index contributed by atoms with van der Waals surface area (Å²) in [6.45, 7) is 1.69. The van der Waals surface area contributed by atoms with Crippen LogP contribution in [0.4, 0.5) is 5.69 Å². The molecule has 7 heteroatoms. The summed E-state index contributed by atoms with van der Waals surface area (Å²) in [5, 5.41) is 19.7. The molecular weight excluding hydrogens is 292 g/mol. The van der Waals surface area contributed by atoms with Crippen LogP contribution in [0, 0.1) is 21.4 Å². The number of nitrogens with zero attached hydrogens (tertiary/aromatic N) is 2. The molecule has 6 nitrogen and oxygen atoms in total. The zero-order valence-electron chi connectivity index (χ0n) is 8.77. The van der Waals surface area contributed by atoms with E-state index in [1.165, 1.54) is 12.1 Å². The van der Waals surface area contributed by atoms with Gasteiger partial charge in [0.2, 0.25) is 0 Å². The third kappa shape index (κ3) is 2.79. The molecule has 1 aromatic carbocycles. The Labute approximate surface area is 105 Å². The largest absolute Gasteiger partial charge is 0.462 e. The van der Waals surface area contributed by atoms with Gasteiger partial charge in [0.05, 0.1) is 11.5 Å². The number of esters is 1. The van der Waals surface area contributed by atoms with Crippen LogP contribution in [0.15, 0.2) is 16.6 Å². The lowest BCUT2D eigenvalue weighted by Gasteiger charge is -2.04. The monoisotopic (exact) mass is 298 g/mol. The van der Waals surface area contributed by atoms with Crippen molar-refractivity contribution in [2.45, 2.75) is 6.92 Å². The number of nitro benzene ring substituents is 1. The van der Waals surface area contributed by atoms with E-state index in [1.54, 1.807) is 13.0 Å². The van der Waals surface area contributed by atoms with Crippen molar-refractivity contribution in [2.24, 2.45) is 0 Å². The van der Waals surface area contributed by atoms with Gasteiger partial charge in [-0.05, 0) is 19.1 Å². The van der Waals surface area contributed by atoms with E-state index in [2.05, 4.69) is 15.9 Å². The van der Waals surface area contributed by atoms with Crippen molar-refractivity contribution in [3.63, 3.8) is 0 Å². The zero-order chi connectivity index (χ0) is 13.0. The number of carbonyl (C=O) groups is 1. The predicted octanol–water partition coefficient (Wildman–Crippen LogP) is 2.41. The van der Waals surface area contributed by atoms with Crippen molar-refractivity contribution in [3.8, 4) is 6.07 Å². The van der Waals surface area contributed by atoms with Gasteiger partial charge < -0.3 is 4.74 Å². The highest BCUT2D eigenvalue weighted by molar-refractivity contribution is 9.10. The Morgan fingerprint density at radius 1 is 1.65 bits per heavy atom. The highest BCUT2D eigenvalue weighted by Crippen LogP contribution is 2.28. The fraction of sp³-hybridized carbons (Fsp3) is 0.200. The number of nitriles is 1. The third-order valence-corrected chi connectivity index (χ3v) is 2.33. The first-order chi connectivity index (χ1) is 8.01. The van der Waals surface area contributed by atoms with Crippen LogP contribution in [-0.4, -0.2) is 17.5 Å². The van der Waals surface area contributed by atoms with Gasteiger partial charge in [-0.1, -0.05) is 15.9 Å². The molecule has 0 aromatic heterocycles. The van der Waals surface area contributed by atoms with Crippen LogP contribution < -0.4 is 0 Å². The van der Waals surface area contributed by atoms with Crippen LogP contribution in [0.1, 0.15) is 22.8 Å². The number of hydrogen-bond donors (Lipinski definition) is 0. The highest BCUT2D eigenvalue weighted by Gasteiger charge is 2.26. The summed E-state index contributed by atoms with van der Waals surface area (Å²) >= 11 is 3.08. The molecule has 1 aromatic rings. The Balaban J connectivity index is 3.47. The molecule has 0 fully saturated rings. The number of benzene rings is 1. The van der Waals surface area contributed by atoms with Gasteiger partial charge in [-0.15, -0.1) is 0 Å². The fourth-order valence-corrected chi connectivity index (χ4v) is 1.70. The molecule has 0 radical (unpaired) electrons. The van der Waals surface area contributed by atoms with Crippen LogP contribution in [0.5, 0.6) is 0 Å². The zero-order valence-corrected chi connectivity index (χ0v) is 10.4. The van der Waals surface area contributed by atoms with E-state index in [0.29, 0.717) is 4.47 Å². The lowest BCUT2D eigenvalue weighted by atomic mass is 10.1. The van der Waals surface area contributed by atoms with E-state index in [-0.39, 0.29) is 17.7 Å². The maximum absolute atomic E-state index is 11.5. The summed E-state index contributed by atoms with van der Waals surface area (Å²) in [6.07, 6.45) is 0. The topological polar surface area (TPSA) is 93.2 Å². The van der Waals surface area contributed by atoms with Gasteiger partial charge in [-0.2, -0.15) is 5.26 Å². The fourth-order valence-electron chi connectivity index (χ4n) is 1.25. The molecule has 0 heterocycles. The lowest BCUT2D eigenvalue weighted by Crippen LogP contribution is -2.09. The Morgan fingerprint density at radius 3 is 2.76 bits per heavy atom. The van der Waals surface area contributed by atoms with Gasteiger partial charge in [-0.3, -0.25) is 10.1 Å². The van der Waals surface area contributed by atoms with Gasteiger partial charge in [0.15, 0.2) is 0 Å². The van der Waals surface area contributed by atoms with Crippen molar-refractivity contribution >= 4 is 27.6 Å². The summed E-state index contributed by atoms with van der Waals surface area (Å²) < 4.78 is 5.10. The Hall–Kier alpha value is -1.94. The van der Waals surface area contributed by atoms with Gasteiger partial charge in [0.1, 0.15) is 17.2 Å². The maximum atomic E-state index is 11.5. The van der Waals surface area contributed by atoms with Crippen molar-refractivity contribution in [1.29, 1.82) is 5.26 Å². The van der Waals surface area contributed by atoms with Gasteiger partial charge in [0, 0.05) is 4.47 Å². The molecule has 0 aliphatic heterocycles. The minimum Gasteiger partial charge on any atom is -0.462 e. The summed E-state index contributed by atoms with van der Waals surface area (Å²) in [5.74, 6) is -0.822. The summed E-state index contributed by atoms with van der Waals surface area (Å²) in [4.78, 5) is 21.6. The molecule has 0 aliphatic carbocycles. The normalized spacial score (nSPS) is 9.47. The molecule has 17 heavy (non-hydrogen) atoms. The number of rotatable bonds is 3. The molecule has 0 spiro atoms. The second kappa shape index (κ2) is 5.41. The second-order valence-corrected chi connectivity index (χ2v) is 3.85. The van der Waals surface area contributed by atoms with E-state index >= 15 is 0 Å². The highest BCUT2D eigenvalue weighted by atomic mass is 79.9. The van der Waals surface area contributed by atoms with Crippen LogP contribution in [0.25, 0.3) is 0 Å². The molecular formula is C10H7BrN2O4. The van der Waals surface area contributed by atoms with E-state index in [4.69, 9.17) is 10.00 Å². The average molecular weight is 299 g/mol. The number of carbonyl (C=O) groups excluding carboxylic acids is 1. The molecule has 0 bridgehead atoms. The van der Waals surface area contributed by atoms with Gasteiger partial charge >= 0.3 is 11.7 Å². The first kappa shape index (κ1) is 13.1. The van der Waals surface area contributed by atoms with Crippen LogP contribution in [-0.2, 0) is 4.74 Å². The number of halogens is 1. The van der Waals surface area contributed by atoms with E-state index in [0.717, 1.165) is 0 Å². The van der Waals surface area contributed by atoms with Crippen LogP contribution in [0.3, 0.4) is 0 Å². The van der Waals surface area contributed by atoms with Crippen molar-refractivity contribution < 1.29 is 14.5 Å². The number of nitro groups is 1. The summed E-state index contributed by atoms with van der Waals surface area (Å²) in [5.41, 5.74) is -0.954. The minimum atomic E-state index is -0.822. The van der Waals surface area contributed by atoms with Gasteiger partial charge in [0.25, 0.3) is 0 Å². The molecule has 0 amide bonds. The third-order valence-electron chi connectivity index (χ3n) is 1.87. The summed E-state index contributed by atoms with van der Waals surface area (Å²) in [7, 11) is 0. The predicted molar refractivity (Wildman–Crippen MR) is 61.5 cm³/mol. The molecule has 0 N–H and O–H groups in total. The lowest BCUT2D eigenvalue weighted by molar-refractivity contribution is -0.385. The first-order valence-electron chi connectivity index (χ1n) is 4.56. The van der Waals surface area contributed by atoms with Gasteiger partial charge in [-0.25, -0.2) is 4.79 Å². The van der Waals surface area contributed by atoms with E-state index in [9.17, 15) is 14.9 Å². The molecule has 0 saturated carbocycles. The molecule has 0 saturated heterocycles. The molecule has 0 aliphatic rings. The first-order valence-corrected chi connectivity index (χ1v) is 5.35. The average Bonchev–Trinajstić information content (AvgIpc) is 2.27. The Kier molecular flexibility index (Phi) is 4.17. The van der Waals surface area contributed by atoms with Crippen molar-refractivity contribution in [1.82, 2.24) is 0 Å². The van der Waals surface area contributed by atoms with Crippen molar-refractivity contribution in [3.05, 3.63) is 37.8 Å². The van der Waals surface area contributed by atoms with Crippen LogP contribution in [0.2, 0.25) is 0 Å². The van der Waals surface area contributed by atoms with E-state index in [1.807, 2.05) is 0 Å². The Morgan fingerprint density at radius 2 is 2.29 bits per heavy atom. The Bertz CT molecular complexity index is 522. The second-order valence-electron chi connectivity index (χ2n) is 2.94. The minimum absolute atomic E-state index is 0.102. The molecule has 88 valence electrons. The van der Waals surface area contributed by atoms with Crippen molar-refractivity contribution in [2.75, 3.05) is 6.61 Å². The molecule has 1 rings (SSSR count). The van der Waals surface area contributed by atoms with Crippen LogP contribution >= 0.6 is 15.9 Å². The maximum Gasteiger partial charge on any atom is 0.345 e. The molecule has 0 atom stereocenters. The standard InChI is InChI=1S/C10H7BrN2O4/c1-2-17-10(14)8-4-7(11)3-6(5-12)9(8)13(15)16/h3-4H,2H2,1H3. The number of ether oxygens (including phenoxy) is 1. The quantitative estimate of drug-likeness (QED) is 0.485.